The van der Waals surface area contributed by atoms with Crippen molar-refractivity contribution in [3.63, 3.8) is 0 Å². The zero-order valence-electron chi connectivity index (χ0n) is 19.4. The van der Waals surface area contributed by atoms with Gasteiger partial charge in [0.1, 0.15) is 5.69 Å². The average molecular weight is 462 g/mol. The summed E-state index contributed by atoms with van der Waals surface area (Å²) in [5.74, 6) is -0.557. The van der Waals surface area contributed by atoms with Crippen LogP contribution in [0.4, 0.5) is 10.1 Å². The van der Waals surface area contributed by atoms with Gasteiger partial charge in [0, 0.05) is 37.9 Å². The van der Waals surface area contributed by atoms with Gasteiger partial charge in [0.15, 0.2) is 17.3 Å². The number of fused-ring (bicyclic) bond motifs is 1. The van der Waals surface area contributed by atoms with Crippen LogP contribution in [0.3, 0.4) is 0 Å². The topological polar surface area (TPSA) is 63.6 Å². The summed E-state index contributed by atoms with van der Waals surface area (Å²) in [5, 5.41) is 3.54. The van der Waals surface area contributed by atoms with Crippen LogP contribution in [0.5, 0.6) is 5.75 Å². The molecule has 1 unspecified atom stereocenters. The van der Waals surface area contributed by atoms with Crippen molar-refractivity contribution in [2.45, 2.75) is 31.8 Å². The first-order valence-electron chi connectivity index (χ1n) is 11.7. The minimum Gasteiger partial charge on any atom is -0.492 e. The Morgan fingerprint density at radius 3 is 2.68 bits per heavy atom. The normalized spacial score (nSPS) is 18.6. The number of pyridine rings is 1. The fourth-order valence-corrected chi connectivity index (χ4v) is 4.71. The highest BCUT2D eigenvalue weighted by molar-refractivity contribution is 6.08. The molecule has 0 radical (unpaired) electrons. The maximum atomic E-state index is 15.5. The Morgan fingerprint density at radius 1 is 1.24 bits per heavy atom. The van der Waals surface area contributed by atoms with Gasteiger partial charge >= 0.3 is 0 Å². The van der Waals surface area contributed by atoms with Crippen molar-refractivity contribution < 1.29 is 13.9 Å². The van der Waals surface area contributed by atoms with Crippen LogP contribution in [0.1, 0.15) is 41.7 Å². The monoisotopic (exact) mass is 461 g/mol. The van der Waals surface area contributed by atoms with Crippen LogP contribution in [0.25, 0.3) is 17.0 Å². The van der Waals surface area contributed by atoms with Gasteiger partial charge in [-0.15, -0.1) is 0 Å². The number of carbonyl (C=O) groups excluding carboxylic acids is 1. The molecule has 0 amide bonds. The summed E-state index contributed by atoms with van der Waals surface area (Å²) in [6.07, 6.45) is 6.59. The number of ketones is 1. The predicted octanol–water partition coefficient (Wildman–Crippen LogP) is 4.18. The number of hydrogen-bond acceptors (Lipinski definition) is 5. The Balaban J connectivity index is 1.66. The van der Waals surface area contributed by atoms with Crippen molar-refractivity contribution in [3.05, 3.63) is 75.8 Å². The number of hydrogen-bond donors (Lipinski definition) is 1. The first-order chi connectivity index (χ1) is 16.5. The molecule has 1 saturated heterocycles. The van der Waals surface area contributed by atoms with Crippen LogP contribution in [0.15, 0.2) is 53.5 Å². The Kier molecular flexibility index (Phi) is 5.96. The fraction of sp³-hybridized carbons (Fsp3) is 0.333. The number of ether oxygens (including phenoxy) is 1. The molecule has 1 atom stereocenters. The summed E-state index contributed by atoms with van der Waals surface area (Å²) in [5.41, 5.74) is 1.35. The van der Waals surface area contributed by atoms with E-state index in [1.54, 1.807) is 12.3 Å². The average Bonchev–Trinajstić information content (AvgIpc) is 3.68. The zero-order chi connectivity index (χ0) is 23.8. The van der Waals surface area contributed by atoms with Gasteiger partial charge in [-0.25, -0.2) is 4.39 Å². The van der Waals surface area contributed by atoms with Gasteiger partial charge in [0.2, 0.25) is 5.43 Å². The number of nitrogens with zero attached hydrogens (tertiary/aromatic N) is 2. The van der Waals surface area contributed by atoms with Gasteiger partial charge in [-0.2, -0.15) is 0 Å². The van der Waals surface area contributed by atoms with Gasteiger partial charge in [-0.05, 0) is 37.5 Å². The SMILES string of the molecule is COc1c(N2CCNC(C)C2)c(F)cc2c(=O)c(C(=O)C=Cc3ccccc3)cn(C3CC3)c12. The number of rotatable bonds is 6. The molecule has 1 aliphatic heterocycles. The summed E-state index contributed by atoms with van der Waals surface area (Å²) in [6.45, 7) is 4.06. The molecule has 0 spiro atoms. The second-order valence-electron chi connectivity index (χ2n) is 9.06. The number of benzene rings is 2. The van der Waals surface area contributed by atoms with Crippen molar-refractivity contribution in [2.75, 3.05) is 31.6 Å². The standard InChI is InChI=1S/C27H28FN3O3/c1-17-15-30(13-12-29-17)25-22(28)14-20-24(27(25)34-2)31(19-9-10-19)16-21(26(20)33)23(32)11-8-18-6-4-3-5-7-18/h3-8,11,14,16-17,19,29H,9-10,12-13,15H2,1-2H3. The molecule has 1 N–H and O–H groups in total. The van der Waals surface area contributed by atoms with Crippen LogP contribution in [-0.4, -0.2) is 43.1 Å². The molecular formula is C27H28FN3O3. The Labute approximate surface area is 197 Å². The van der Waals surface area contributed by atoms with Crippen LogP contribution in [0, 0.1) is 5.82 Å². The van der Waals surface area contributed by atoms with Crippen molar-refractivity contribution in [1.29, 1.82) is 0 Å². The summed E-state index contributed by atoms with van der Waals surface area (Å²) < 4.78 is 23.2. The summed E-state index contributed by atoms with van der Waals surface area (Å²) in [7, 11) is 1.51. The molecule has 1 saturated carbocycles. The molecule has 2 aliphatic rings. The quantitative estimate of drug-likeness (QED) is 0.441. The third-order valence-corrected chi connectivity index (χ3v) is 6.52. The van der Waals surface area contributed by atoms with Crippen LogP contribution < -0.4 is 20.4 Å². The first-order valence-corrected chi connectivity index (χ1v) is 11.7. The lowest BCUT2D eigenvalue weighted by atomic mass is 10.0. The predicted molar refractivity (Wildman–Crippen MR) is 132 cm³/mol. The van der Waals surface area contributed by atoms with Gasteiger partial charge in [-0.1, -0.05) is 36.4 Å². The van der Waals surface area contributed by atoms with Gasteiger partial charge in [0.25, 0.3) is 0 Å². The van der Waals surface area contributed by atoms with E-state index in [4.69, 9.17) is 4.74 Å². The molecule has 34 heavy (non-hydrogen) atoms. The van der Waals surface area contributed by atoms with Crippen LogP contribution in [-0.2, 0) is 0 Å². The Bertz CT molecular complexity index is 1330. The van der Waals surface area contributed by atoms with Gasteiger partial charge in [0.05, 0.1) is 23.6 Å². The minimum atomic E-state index is -0.512. The first kappa shape index (κ1) is 22.3. The van der Waals surface area contributed by atoms with Crippen molar-refractivity contribution in [3.8, 4) is 5.75 Å². The highest BCUT2D eigenvalue weighted by Gasteiger charge is 2.31. The fourth-order valence-electron chi connectivity index (χ4n) is 4.71. The van der Waals surface area contributed by atoms with E-state index in [1.165, 1.54) is 19.3 Å². The van der Waals surface area contributed by atoms with E-state index >= 15 is 4.39 Å². The van der Waals surface area contributed by atoms with Crippen molar-refractivity contribution in [1.82, 2.24) is 9.88 Å². The van der Waals surface area contributed by atoms with E-state index in [-0.39, 0.29) is 23.0 Å². The van der Waals surface area contributed by atoms with E-state index < -0.39 is 17.0 Å². The highest BCUT2D eigenvalue weighted by atomic mass is 19.1. The molecule has 3 aromatic rings. The molecule has 0 bridgehead atoms. The zero-order valence-corrected chi connectivity index (χ0v) is 19.4. The number of piperazine rings is 1. The number of aromatic nitrogens is 1. The Hall–Kier alpha value is -3.45. The lowest BCUT2D eigenvalue weighted by Gasteiger charge is -2.35. The highest BCUT2D eigenvalue weighted by Crippen LogP contribution is 2.43. The number of anilines is 1. The number of carbonyl (C=O) groups is 1. The van der Waals surface area contributed by atoms with Crippen molar-refractivity contribution in [2.24, 2.45) is 0 Å². The molecule has 5 rings (SSSR count). The third kappa shape index (κ3) is 4.12. The molecule has 6 nitrogen and oxygen atoms in total. The molecule has 176 valence electrons. The van der Waals surface area contributed by atoms with E-state index in [1.807, 2.05) is 39.8 Å². The minimum absolute atomic E-state index is 0.0385. The smallest absolute Gasteiger partial charge is 0.200 e. The van der Waals surface area contributed by atoms with E-state index in [0.29, 0.717) is 30.0 Å². The molecule has 2 heterocycles. The summed E-state index contributed by atoms with van der Waals surface area (Å²) in [4.78, 5) is 28.4. The third-order valence-electron chi connectivity index (χ3n) is 6.52. The largest absolute Gasteiger partial charge is 0.492 e. The van der Waals surface area contributed by atoms with Crippen LogP contribution in [0.2, 0.25) is 0 Å². The van der Waals surface area contributed by atoms with Crippen LogP contribution >= 0.6 is 0 Å². The molecule has 2 aromatic carbocycles. The summed E-state index contributed by atoms with van der Waals surface area (Å²) in [6, 6.07) is 11.1. The maximum absolute atomic E-state index is 15.5. The van der Waals surface area contributed by atoms with E-state index in [2.05, 4.69) is 12.2 Å². The molecule has 1 aliphatic carbocycles. The van der Waals surface area contributed by atoms with Gasteiger partial charge in [-0.3, -0.25) is 9.59 Å². The number of nitrogens with one attached hydrogen (secondary N) is 1. The lowest BCUT2D eigenvalue weighted by Crippen LogP contribution is -2.49. The van der Waals surface area contributed by atoms with E-state index in [9.17, 15) is 9.59 Å². The second kappa shape index (κ2) is 9.06. The number of halogens is 1. The maximum Gasteiger partial charge on any atom is 0.200 e. The number of methoxy groups -OCH3 is 1. The lowest BCUT2D eigenvalue weighted by molar-refractivity contribution is 0.104. The second-order valence-corrected chi connectivity index (χ2v) is 9.06. The molecule has 1 aromatic heterocycles. The Morgan fingerprint density at radius 2 is 2.00 bits per heavy atom. The molecular weight excluding hydrogens is 433 g/mol. The van der Waals surface area contributed by atoms with Gasteiger partial charge < -0.3 is 19.5 Å². The summed E-state index contributed by atoms with van der Waals surface area (Å²) >= 11 is 0. The number of allylic oxidation sites excluding steroid dienone is 1. The van der Waals surface area contributed by atoms with Crippen molar-refractivity contribution >= 4 is 28.4 Å². The molecule has 7 heteroatoms. The van der Waals surface area contributed by atoms with E-state index in [0.717, 1.165) is 24.9 Å². The molecule has 2 fully saturated rings.